The minimum atomic E-state index is -1.93. The van der Waals surface area contributed by atoms with E-state index in [4.69, 9.17) is 10.6 Å². The Morgan fingerprint density at radius 2 is 1.38 bits per heavy atom. The second-order valence-corrected chi connectivity index (χ2v) is 19.7. The first kappa shape index (κ1) is 62.9. The van der Waals surface area contributed by atoms with Gasteiger partial charge in [-0.15, -0.1) is 5.06 Å². The van der Waals surface area contributed by atoms with Crippen LogP contribution in [0.5, 0.6) is 0 Å². The van der Waals surface area contributed by atoms with Crippen molar-refractivity contribution in [3.63, 3.8) is 0 Å². The number of primary amides is 1. The molecule has 2 aromatic carbocycles. The number of carbonyl (C=O) groups excluding carboxylic acids is 11. The number of rotatable bonds is 28. The van der Waals surface area contributed by atoms with E-state index in [-0.39, 0.29) is 36.9 Å². The predicted octanol–water partition coefficient (Wildman–Crippen LogP) is 0.117. The fourth-order valence-corrected chi connectivity index (χ4v) is 8.37. The Kier molecular flexibility index (Phi) is 22.8. The Morgan fingerprint density at radius 1 is 0.785 bits per heavy atom. The Morgan fingerprint density at radius 3 is 1.97 bits per heavy atom. The van der Waals surface area contributed by atoms with Crippen molar-refractivity contribution < 1.29 is 81.4 Å². The van der Waals surface area contributed by atoms with Crippen molar-refractivity contribution in [1.29, 1.82) is 0 Å². The fraction of sp³-hybridized carbons (Fsp3) is 0.462. The number of nitrogens with zero attached hydrogens (tertiary/aromatic N) is 3. The summed E-state index contributed by atoms with van der Waals surface area (Å²) in [6.07, 6.45) is -1.22. The van der Waals surface area contributed by atoms with Crippen LogP contribution in [0.2, 0.25) is 0 Å². The number of hydrogen-bond donors (Lipinski definition) is 9. The summed E-state index contributed by atoms with van der Waals surface area (Å²) in [6.45, 7) is 6.64. The number of aliphatic carboxylic acids is 1. The van der Waals surface area contributed by atoms with Crippen LogP contribution in [0, 0.1) is 17.0 Å². The number of imide groups is 1. The summed E-state index contributed by atoms with van der Waals surface area (Å²) >= 11 is 0. The number of nitrogens with two attached hydrogens (primary N) is 1. The average Bonchev–Trinajstić information content (AvgIpc) is 3.97. The van der Waals surface area contributed by atoms with Gasteiger partial charge in [0.2, 0.25) is 47.3 Å². The molecule has 0 unspecified atom stereocenters. The number of amides is 10. The maximum Gasteiger partial charge on any atom is 0.333 e. The highest BCUT2D eigenvalue weighted by atomic mass is 19.1. The number of carboxylic acids is 1. The van der Waals surface area contributed by atoms with Crippen molar-refractivity contribution in [2.75, 3.05) is 19.7 Å². The summed E-state index contributed by atoms with van der Waals surface area (Å²) in [5.74, 6) is -13.4. The van der Waals surface area contributed by atoms with Crippen molar-refractivity contribution in [2.45, 2.75) is 129 Å². The molecule has 10 amide bonds. The van der Waals surface area contributed by atoms with Gasteiger partial charge in [0.1, 0.15) is 48.5 Å². The third-order valence-corrected chi connectivity index (χ3v) is 12.2. The van der Waals surface area contributed by atoms with Crippen LogP contribution in [0.4, 0.5) is 8.78 Å². The van der Waals surface area contributed by atoms with E-state index in [2.05, 4.69) is 31.9 Å². The first-order valence-corrected chi connectivity index (χ1v) is 25.0. The molecule has 10 N–H and O–H groups in total. The lowest BCUT2D eigenvalue weighted by Gasteiger charge is -2.41. The van der Waals surface area contributed by atoms with E-state index in [1.807, 2.05) is 0 Å². The number of carbonyl (C=O) groups is 12. The maximum absolute atomic E-state index is 15.4. The zero-order chi connectivity index (χ0) is 58.9. The van der Waals surface area contributed by atoms with Gasteiger partial charge in [0.15, 0.2) is 0 Å². The van der Waals surface area contributed by atoms with Gasteiger partial charge >= 0.3 is 11.9 Å². The van der Waals surface area contributed by atoms with Crippen LogP contribution in [-0.4, -0.2) is 146 Å². The molecule has 79 heavy (non-hydrogen) atoms. The molecular weight excluding hydrogens is 1040 g/mol. The number of hydroxylamine groups is 2. The Balaban J connectivity index is 1.69. The molecule has 27 heteroatoms. The molecule has 428 valence electrons. The molecule has 0 radical (unpaired) electrons. The Labute approximate surface area is 452 Å². The number of halogens is 2. The first-order chi connectivity index (χ1) is 37.1. The minimum Gasteiger partial charge on any atom is -0.480 e. The van der Waals surface area contributed by atoms with Gasteiger partial charge in [-0.25, -0.2) is 18.4 Å². The van der Waals surface area contributed by atoms with Crippen molar-refractivity contribution in [1.82, 2.24) is 46.4 Å². The third-order valence-electron chi connectivity index (χ3n) is 12.2. The Hall–Kier alpha value is -8.62. The summed E-state index contributed by atoms with van der Waals surface area (Å²) in [5, 5.41) is 34.9. The molecule has 1 aromatic heterocycles. The van der Waals surface area contributed by atoms with Gasteiger partial charge in [0, 0.05) is 75.3 Å². The highest BCUT2D eigenvalue weighted by Crippen LogP contribution is 2.41. The molecule has 0 saturated carbocycles. The lowest BCUT2D eigenvalue weighted by molar-refractivity contribution is -0.197. The van der Waals surface area contributed by atoms with Gasteiger partial charge < -0.3 is 62.2 Å². The third kappa shape index (κ3) is 18.8. The van der Waals surface area contributed by atoms with Gasteiger partial charge in [0.05, 0.1) is 12.5 Å². The standard InChI is InChI=1S/C52H66F2N10O15/c1-28(57-30(3)66)47(73)58-29(2)48(74)60-37(23-40(55)67)50(76)59-36(49(75)61-38(51(77)78)24-56-41(68)13-10-14-45(72)79-64-42(69)17-18-43(64)70)19-20-63(44(71)27-65)46(52(4,5)6)39-21-32(34-22-33(53)15-16-35(34)54)26-62(39)25-31-11-8-7-9-12-31/h7-9,11-12,15-16,21-22,26,28-29,36-38,46,65H,10,13-14,17-20,23-25,27H2,1-6H3,(H2,55,67)(H,56,68)(H,57,66)(H,58,73)(H,59,76)(H,60,74)(H,61,75)(H,77,78)/t28-,29+,36-,37-,38+,46-/m0/s1. The normalized spacial score (nSPS) is 14.6. The molecule has 3 aromatic rings. The van der Waals surface area contributed by atoms with Crippen molar-refractivity contribution in [2.24, 2.45) is 11.1 Å². The molecule has 1 fully saturated rings. The molecule has 4 rings (SSSR count). The highest BCUT2D eigenvalue weighted by molar-refractivity contribution is 6.02. The van der Waals surface area contributed by atoms with E-state index in [9.17, 15) is 72.1 Å². The topological polar surface area (TPSA) is 364 Å². The molecule has 1 saturated heterocycles. The van der Waals surface area contributed by atoms with Gasteiger partial charge in [-0.05, 0) is 61.9 Å². The largest absolute Gasteiger partial charge is 0.480 e. The second kappa shape index (κ2) is 28.7. The number of hydrogen-bond acceptors (Lipinski definition) is 14. The number of aromatic nitrogens is 1. The first-order valence-electron chi connectivity index (χ1n) is 25.0. The van der Waals surface area contributed by atoms with E-state index in [1.165, 1.54) is 24.8 Å². The van der Waals surface area contributed by atoms with Crippen LogP contribution >= 0.6 is 0 Å². The van der Waals surface area contributed by atoms with Crippen molar-refractivity contribution in [3.8, 4) is 11.1 Å². The van der Waals surface area contributed by atoms with Gasteiger partial charge in [-0.2, -0.15) is 0 Å². The summed E-state index contributed by atoms with van der Waals surface area (Å²) in [6, 6.07) is 4.13. The molecule has 0 spiro atoms. The van der Waals surface area contributed by atoms with E-state index in [1.54, 1.807) is 61.9 Å². The summed E-state index contributed by atoms with van der Waals surface area (Å²) in [4.78, 5) is 160. The summed E-state index contributed by atoms with van der Waals surface area (Å²) in [7, 11) is 0. The molecule has 6 atom stereocenters. The number of aliphatic hydroxyl groups is 1. The fourth-order valence-electron chi connectivity index (χ4n) is 8.37. The SMILES string of the molecule is CC(=O)N[C@@H](C)C(=O)N[C@H](C)C(=O)N[C@@H](CC(N)=O)C(=O)N[C@@H](CCN(C(=O)CO)[C@@H](c1cc(-c2cc(F)ccc2F)cn1Cc1ccccc1)C(C)(C)C)C(=O)N[C@H](CNC(=O)CCCC(=O)ON1C(=O)CCC1=O)C(=O)O. The lowest BCUT2D eigenvalue weighted by atomic mass is 9.82. The van der Waals surface area contributed by atoms with E-state index in [0.29, 0.717) is 10.8 Å². The molecule has 0 bridgehead atoms. The smallest absolute Gasteiger partial charge is 0.333 e. The van der Waals surface area contributed by atoms with E-state index < -0.39 is 170 Å². The van der Waals surface area contributed by atoms with Crippen LogP contribution in [0.15, 0.2) is 60.8 Å². The lowest BCUT2D eigenvalue weighted by Crippen LogP contribution is -2.60. The van der Waals surface area contributed by atoms with E-state index >= 15 is 4.39 Å². The zero-order valence-electron chi connectivity index (χ0n) is 44.4. The zero-order valence-corrected chi connectivity index (χ0v) is 44.4. The molecule has 1 aliphatic rings. The minimum absolute atomic E-state index is 0.117. The highest BCUT2D eigenvalue weighted by Gasteiger charge is 2.39. The average molecular weight is 1110 g/mol. The monoisotopic (exact) mass is 1110 g/mol. The van der Waals surface area contributed by atoms with Gasteiger partial charge in [-0.1, -0.05) is 51.1 Å². The second-order valence-electron chi connectivity index (χ2n) is 19.7. The van der Waals surface area contributed by atoms with Crippen LogP contribution in [0.3, 0.4) is 0 Å². The van der Waals surface area contributed by atoms with Crippen molar-refractivity contribution in [3.05, 3.63) is 83.7 Å². The summed E-state index contributed by atoms with van der Waals surface area (Å²) < 4.78 is 31.7. The van der Waals surface area contributed by atoms with Crippen LogP contribution in [0.25, 0.3) is 11.1 Å². The summed E-state index contributed by atoms with van der Waals surface area (Å²) in [5.41, 5.74) is 5.66. The van der Waals surface area contributed by atoms with Gasteiger partial charge in [0.25, 0.3) is 11.8 Å². The molecule has 0 aliphatic carbocycles. The number of benzene rings is 2. The van der Waals surface area contributed by atoms with Crippen LogP contribution < -0.4 is 37.6 Å². The van der Waals surface area contributed by atoms with E-state index in [0.717, 1.165) is 30.7 Å². The predicted molar refractivity (Wildman–Crippen MR) is 273 cm³/mol. The number of carboxylic acid groups (broad SMARTS) is 1. The van der Waals surface area contributed by atoms with Crippen molar-refractivity contribution >= 4 is 71.0 Å². The molecule has 1 aliphatic heterocycles. The van der Waals surface area contributed by atoms with Gasteiger partial charge in [-0.3, -0.25) is 47.9 Å². The number of nitrogens with one attached hydrogen (secondary N) is 6. The number of aliphatic hydroxyl groups excluding tert-OH is 1. The molecule has 25 nitrogen and oxygen atoms in total. The van der Waals surface area contributed by atoms with Crippen LogP contribution in [-0.2, 0) is 68.9 Å². The Bertz CT molecular complexity index is 2770. The maximum atomic E-state index is 15.4. The quantitative estimate of drug-likeness (QED) is 0.0436. The van der Waals surface area contributed by atoms with Crippen LogP contribution in [0.1, 0.15) is 104 Å². The molecular formula is C52H66F2N10O15. The molecule has 2 heterocycles.